The van der Waals surface area contributed by atoms with Crippen molar-refractivity contribution < 1.29 is 31.1 Å². The van der Waals surface area contributed by atoms with E-state index in [0.717, 1.165) is 17.9 Å². The van der Waals surface area contributed by atoms with Crippen molar-refractivity contribution in [1.82, 2.24) is 0 Å². The minimum Gasteiger partial charge on any atom is -1.00 e. The van der Waals surface area contributed by atoms with Gasteiger partial charge in [-0.25, -0.2) is 0 Å². The Morgan fingerprint density at radius 3 is 2.12 bits per heavy atom. The van der Waals surface area contributed by atoms with E-state index in [1.54, 1.807) is 21.3 Å². The molecule has 2 fully saturated rings. The fourth-order valence-electron chi connectivity index (χ4n) is 4.01. The van der Waals surface area contributed by atoms with Crippen molar-refractivity contribution >= 4 is 0 Å². The first kappa shape index (κ1) is 18.8. The van der Waals surface area contributed by atoms with E-state index in [2.05, 4.69) is 11.8 Å². The monoisotopic (exact) mass is 351 g/mol. The first-order valence-corrected chi connectivity index (χ1v) is 8.34. The topological polar surface area (TPSA) is 27.7 Å². The molecule has 2 aliphatic heterocycles. The molecule has 0 saturated carbocycles. The van der Waals surface area contributed by atoms with Crippen molar-refractivity contribution in [2.75, 3.05) is 47.5 Å². The van der Waals surface area contributed by atoms with E-state index in [-0.39, 0.29) is 12.4 Å². The van der Waals surface area contributed by atoms with Gasteiger partial charge in [-0.3, -0.25) is 0 Å². The van der Waals surface area contributed by atoms with E-state index < -0.39 is 0 Å². The van der Waals surface area contributed by atoms with Crippen LogP contribution in [0, 0.1) is 17.8 Å². The van der Waals surface area contributed by atoms with Gasteiger partial charge in [-0.05, 0) is 12.1 Å². The Balaban J connectivity index is 0.00000208. The lowest BCUT2D eigenvalue weighted by Gasteiger charge is -2.30. The van der Waals surface area contributed by atoms with E-state index in [1.165, 1.54) is 43.5 Å². The van der Waals surface area contributed by atoms with Crippen LogP contribution >= 0.6 is 0 Å². The summed E-state index contributed by atoms with van der Waals surface area (Å²) < 4.78 is 17.4. The maximum Gasteiger partial charge on any atom is 0.203 e. The molecule has 0 aliphatic carbocycles. The number of rotatable bonds is 5. The van der Waals surface area contributed by atoms with Gasteiger partial charge in [-0.1, -0.05) is 11.8 Å². The van der Waals surface area contributed by atoms with Crippen LogP contribution in [0.25, 0.3) is 0 Å². The van der Waals surface area contributed by atoms with E-state index in [9.17, 15) is 0 Å². The predicted octanol–water partition coefficient (Wildman–Crippen LogP) is -0.302. The Morgan fingerprint density at radius 1 is 1.04 bits per heavy atom. The fraction of sp³-hybridized carbons (Fsp3) is 0.579. The maximum atomic E-state index is 5.37. The molecule has 4 nitrogen and oxygen atoms in total. The number of piperidine rings is 1. The van der Waals surface area contributed by atoms with Crippen molar-refractivity contribution in [2.45, 2.75) is 19.3 Å². The zero-order valence-corrected chi connectivity index (χ0v) is 15.5. The highest BCUT2D eigenvalue weighted by Gasteiger charge is 2.43. The summed E-state index contributed by atoms with van der Waals surface area (Å²) >= 11 is 0. The van der Waals surface area contributed by atoms with Gasteiger partial charge in [-0.2, -0.15) is 0 Å². The number of benzene rings is 1. The van der Waals surface area contributed by atoms with Crippen LogP contribution in [0.1, 0.15) is 24.8 Å². The molecule has 1 aromatic carbocycles. The molecule has 0 radical (unpaired) electrons. The van der Waals surface area contributed by atoms with Crippen molar-refractivity contribution in [1.29, 1.82) is 0 Å². The van der Waals surface area contributed by atoms with Gasteiger partial charge in [-0.15, -0.1) is 0 Å². The van der Waals surface area contributed by atoms with Gasteiger partial charge < -0.3 is 31.1 Å². The largest absolute Gasteiger partial charge is 1.00 e. The summed E-state index contributed by atoms with van der Waals surface area (Å²) in [6, 6.07) is 3.81. The number of ether oxygens (including phenoxy) is 3. The molecule has 0 atom stereocenters. The van der Waals surface area contributed by atoms with Crippen LogP contribution in [0.15, 0.2) is 12.1 Å². The van der Waals surface area contributed by atoms with Crippen molar-refractivity contribution in [2.24, 2.45) is 5.92 Å². The molecule has 132 valence electrons. The summed E-state index contributed by atoms with van der Waals surface area (Å²) in [6.45, 7) is 5.28. The quantitative estimate of drug-likeness (QED) is 0.538. The average molecular weight is 352 g/mol. The Bertz CT molecular complexity index is 602. The van der Waals surface area contributed by atoms with Gasteiger partial charge in [0, 0.05) is 24.3 Å². The third kappa shape index (κ3) is 3.74. The zero-order chi connectivity index (χ0) is 16.3. The Hall–Kier alpha value is -1.57. The second kappa shape index (κ2) is 8.00. The smallest absolute Gasteiger partial charge is 0.203 e. The Morgan fingerprint density at radius 2 is 1.67 bits per heavy atom. The Kier molecular flexibility index (Phi) is 6.26. The van der Waals surface area contributed by atoms with Crippen LogP contribution in [-0.2, 0) is 0 Å². The SMILES string of the molecule is COc1cc(C#CCC[N+]23CCC(CC2)C3)cc(OC)c1OC.[Cl-]. The number of halogens is 1. The highest BCUT2D eigenvalue weighted by Crippen LogP contribution is 2.38. The molecule has 24 heavy (non-hydrogen) atoms. The summed E-state index contributed by atoms with van der Waals surface area (Å²) in [7, 11) is 4.86. The zero-order valence-electron chi connectivity index (χ0n) is 14.7. The summed E-state index contributed by atoms with van der Waals surface area (Å²) in [5.41, 5.74) is 0.903. The van der Waals surface area contributed by atoms with Crippen molar-refractivity contribution in [3.05, 3.63) is 17.7 Å². The van der Waals surface area contributed by atoms with Crippen LogP contribution < -0.4 is 26.6 Å². The molecule has 2 bridgehead atoms. The van der Waals surface area contributed by atoms with Gasteiger partial charge in [0.15, 0.2) is 11.5 Å². The van der Waals surface area contributed by atoms with Gasteiger partial charge in [0.1, 0.15) is 0 Å². The van der Waals surface area contributed by atoms with Gasteiger partial charge in [0.2, 0.25) is 5.75 Å². The van der Waals surface area contributed by atoms with E-state index >= 15 is 0 Å². The van der Waals surface area contributed by atoms with Crippen LogP contribution in [0.2, 0.25) is 0 Å². The highest BCUT2D eigenvalue weighted by molar-refractivity contribution is 5.57. The molecule has 0 spiro atoms. The molecule has 2 heterocycles. The molecule has 0 unspecified atom stereocenters. The molecular weight excluding hydrogens is 326 g/mol. The van der Waals surface area contributed by atoms with E-state index in [4.69, 9.17) is 14.2 Å². The summed E-state index contributed by atoms with van der Waals surface area (Å²) in [5, 5.41) is 0. The molecular formula is C19H26ClNO3. The van der Waals surface area contributed by atoms with Crippen LogP contribution in [0.5, 0.6) is 17.2 Å². The molecule has 1 aromatic rings. The van der Waals surface area contributed by atoms with Crippen LogP contribution in [-0.4, -0.2) is 52.0 Å². The number of hydrogen-bond acceptors (Lipinski definition) is 3. The molecule has 0 aromatic heterocycles. The lowest BCUT2D eigenvalue weighted by molar-refractivity contribution is -0.908. The number of fused-ring (bicyclic) bond motifs is 2. The first-order valence-electron chi connectivity index (χ1n) is 8.34. The number of methoxy groups -OCH3 is 3. The third-order valence-corrected chi connectivity index (χ3v) is 5.28. The Labute approximate surface area is 151 Å². The maximum absolute atomic E-state index is 5.37. The first-order chi connectivity index (χ1) is 11.2. The lowest BCUT2D eigenvalue weighted by Crippen LogP contribution is -3.00. The van der Waals surface area contributed by atoms with Crippen molar-refractivity contribution in [3.8, 4) is 29.1 Å². The number of nitrogens with zero attached hydrogens (tertiary/aromatic N) is 1. The second-order valence-corrected chi connectivity index (χ2v) is 6.60. The molecule has 3 rings (SSSR count). The minimum atomic E-state index is 0. The summed E-state index contributed by atoms with van der Waals surface area (Å²) in [4.78, 5) is 0. The van der Waals surface area contributed by atoms with Crippen molar-refractivity contribution in [3.63, 3.8) is 0 Å². The van der Waals surface area contributed by atoms with Crippen LogP contribution in [0.4, 0.5) is 0 Å². The lowest BCUT2D eigenvalue weighted by atomic mass is 10.1. The second-order valence-electron chi connectivity index (χ2n) is 6.60. The molecule has 0 N–H and O–H groups in total. The summed E-state index contributed by atoms with van der Waals surface area (Å²) in [5.74, 6) is 9.48. The normalized spacial score (nSPS) is 23.9. The van der Waals surface area contributed by atoms with Gasteiger partial charge in [0.25, 0.3) is 0 Å². The molecule has 5 heteroatoms. The number of hydrogen-bond donors (Lipinski definition) is 0. The number of quaternary nitrogens is 1. The van der Waals surface area contributed by atoms with Gasteiger partial charge in [0.05, 0.1) is 53.9 Å². The molecule has 2 aliphatic rings. The highest BCUT2D eigenvalue weighted by atomic mass is 35.5. The summed E-state index contributed by atoms with van der Waals surface area (Å²) in [6.07, 6.45) is 3.78. The standard InChI is InChI=1S/C19H26NO3.ClH/c1-21-17-12-16(13-18(22-2)19(17)23-3)6-4-5-9-20-10-7-15(14-20)8-11-20;/h12-13,15H,5,7-11,14H2,1-3H3;1H/q+1;/p-1. The van der Waals surface area contributed by atoms with Crippen LogP contribution in [0.3, 0.4) is 0 Å². The average Bonchev–Trinajstić information content (AvgIpc) is 3.18. The third-order valence-electron chi connectivity index (χ3n) is 5.28. The molecule has 0 amide bonds. The van der Waals surface area contributed by atoms with Gasteiger partial charge >= 0.3 is 0 Å². The van der Waals surface area contributed by atoms with E-state index in [0.29, 0.717) is 17.2 Å². The molecule has 2 saturated heterocycles. The van der Waals surface area contributed by atoms with E-state index in [1.807, 2.05) is 12.1 Å². The minimum absolute atomic E-state index is 0. The fourth-order valence-corrected chi connectivity index (χ4v) is 4.01. The predicted molar refractivity (Wildman–Crippen MR) is 90.0 cm³/mol.